The minimum atomic E-state index is 0.267. The second-order valence-electron chi connectivity index (χ2n) is 9.60. The topological polar surface area (TPSA) is 21.9 Å². The molecule has 0 aliphatic carbocycles. The minimum Gasteiger partial charge on any atom is -0.252 e. The number of nitrogens with zero attached hydrogens (tertiary/aromatic N) is 3. The molecule has 146 valence electrons. The highest BCUT2D eigenvalue weighted by molar-refractivity contribution is 6.09. The fourth-order valence-corrected chi connectivity index (χ4v) is 4.83. The zero-order valence-corrected chi connectivity index (χ0v) is 18.2. The summed E-state index contributed by atoms with van der Waals surface area (Å²) in [6.07, 6.45) is 1.07. The first-order valence-corrected chi connectivity index (χ1v) is 10.4. The summed E-state index contributed by atoms with van der Waals surface area (Å²) in [6, 6.07) is 17.8. The van der Waals surface area contributed by atoms with Gasteiger partial charge in [0.2, 0.25) is 0 Å². The maximum absolute atomic E-state index is 4.97. The summed E-state index contributed by atoms with van der Waals surface area (Å²) in [5.41, 5.74) is 10.0. The van der Waals surface area contributed by atoms with Crippen LogP contribution < -0.4 is 4.40 Å². The first-order chi connectivity index (χ1) is 13.7. The summed E-state index contributed by atoms with van der Waals surface area (Å²) >= 11 is 0. The van der Waals surface area contributed by atoms with Crippen LogP contribution in [0.15, 0.2) is 48.5 Å². The molecule has 0 unspecified atom stereocenters. The molecule has 0 aliphatic rings. The molecular formula is C26H28N3+. The molecule has 0 radical (unpaired) electrons. The molecular weight excluding hydrogens is 354 g/mol. The number of benzene rings is 2. The van der Waals surface area contributed by atoms with Gasteiger partial charge in [0.25, 0.3) is 5.65 Å². The lowest BCUT2D eigenvalue weighted by Gasteiger charge is -2.17. The highest BCUT2D eigenvalue weighted by Gasteiger charge is 2.25. The number of fused-ring (bicyclic) bond motifs is 8. The maximum atomic E-state index is 4.97. The van der Waals surface area contributed by atoms with E-state index in [1.54, 1.807) is 0 Å². The summed E-state index contributed by atoms with van der Waals surface area (Å²) in [6.45, 7) is 11.2. The second kappa shape index (κ2) is 6.03. The molecule has 2 aromatic carbocycles. The summed E-state index contributed by atoms with van der Waals surface area (Å²) < 4.78 is 4.76. The molecule has 0 atom stereocenters. The molecule has 29 heavy (non-hydrogen) atoms. The predicted octanol–water partition coefficient (Wildman–Crippen LogP) is 5.82. The van der Waals surface area contributed by atoms with E-state index in [-0.39, 0.29) is 5.41 Å². The van der Waals surface area contributed by atoms with Gasteiger partial charge in [-0.1, -0.05) is 39.0 Å². The van der Waals surface area contributed by atoms with E-state index in [2.05, 4.69) is 99.2 Å². The number of pyridine rings is 2. The standard InChI is InChI=1S/C26H28N3/c1-16-13-17(2)27-24-19-9-7-8-10-20(19)29-21-12-11-18(15-26(3,4)5)14-22(21)28(6)25(29)23(16)24/h7-14H,15H2,1-6H3/q+1. The van der Waals surface area contributed by atoms with Crippen molar-refractivity contribution in [2.45, 2.75) is 41.0 Å². The van der Waals surface area contributed by atoms with Crippen molar-refractivity contribution in [3.8, 4) is 0 Å². The third-order valence-electron chi connectivity index (χ3n) is 5.87. The van der Waals surface area contributed by atoms with Gasteiger partial charge in [-0.15, -0.1) is 0 Å². The van der Waals surface area contributed by atoms with Crippen LogP contribution in [0.3, 0.4) is 0 Å². The van der Waals surface area contributed by atoms with Crippen molar-refractivity contribution in [3.05, 3.63) is 65.4 Å². The first-order valence-electron chi connectivity index (χ1n) is 10.4. The Morgan fingerprint density at radius 1 is 0.966 bits per heavy atom. The molecule has 0 bridgehead atoms. The van der Waals surface area contributed by atoms with Crippen LogP contribution in [0, 0.1) is 19.3 Å². The number of imidazole rings is 1. The molecule has 3 nitrogen and oxygen atoms in total. The second-order valence-corrected chi connectivity index (χ2v) is 9.60. The Morgan fingerprint density at radius 3 is 2.48 bits per heavy atom. The van der Waals surface area contributed by atoms with Crippen molar-refractivity contribution < 1.29 is 4.40 Å². The Morgan fingerprint density at radius 2 is 1.72 bits per heavy atom. The van der Waals surface area contributed by atoms with Crippen molar-refractivity contribution in [1.29, 1.82) is 0 Å². The van der Waals surface area contributed by atoms with Gasteiger partial charge >= 0.3 is 0 Å². The largest absolute Gasteiger partial charge is 0.297 e. The number of aromatic nitrogens is 3. The summed E-state index contributed by atoms with van der Waals surface area (Å²) in [7, 11) is 2.19. The SMILES string of the molecule is Cc1cc(C)c2c(n1)c1ccccc1[n+]1c3ccc(CC(C)(C)C)cc3n(C)c21. The Balaban J connectivity index is 2.02. The van der Waals surface area contributed by atoms with Crippen molar-refractivity contribution in [2.75, 3.05) is 0 Å². The average Bonchev–Trinajstić information content (AvgIpc) is 2.93. The monoisotopic (exact) mass is 382 g/mol. The van der Waals surface area contributed by atoms with Gasteiger partial charge in [0.1, 0.15) is 5.52 Å². The van der Waals surface area contributed by atoms with Gasteiger partial charge in [-0.25, -0.2) is 4.57 Å². The average molecular weight is 383 g/mol. The van der Waals surface area contributed by atoms with Crippen molar-refractivity contribution in [1.82, 2.24) is 9.55 Å². The van der Waals surface area contributed by atoms with Crippen molar-refractivity contribution in [2.24, 2.45) is 12.5 Å². The van der Waals surface area contributed by atoms with E-state index in [9.17, 15) is 0 Å². The third kappa shape index (κ3) is 2.71. The van der Waals surface area contributed by atoms with Gasteiger partial charge in [0.15, 0.2) is 11.0 Å². The van der Waals surface area contributed by atoms with Gasteiger partial charge in [-0.3, -0.25) is 4.98 Å². The van der Waals surface area contributed by atoms with Crippen molar-refractivity contribution in [3.63, 3.8) is 0 Å². The normalized spacial score (nSPS) is 12.6. The van der Waals surface area contributed by atoms with Crippen LogP contribution in [0.4, 0.5) is 0 Å². The van der Waals surface area contributed by atoms with E-state index in [1.807, 2.05) is 0 Å². The molecule has 3 aromatic heterocycles. The zero-order chi connectivity index (χ0) is 20.5. The molecule has 5 rings (SSSR count). The lowest BCUT2D eigenvalue weighted by molar-refractivity contribution is -0.449. The van der Waals surface area contributed by atoms with Gasteiger partial charge in [0, 0.05) is 11.1 Å². The van der Waals surface area contributed by atoms with Gasteiger partial charge in [-0.2, -0.15) is 4.40 Å². The molecule has 0 aliphatic heterocycles. The molecule has 0 spiro atoms. The Bertz CT molecular complexity index is 1430. The zero-order valence-electron chi connectivity index (χ0n) is 18.2. The minimum absolute atomic E-state index is 0.267. The van der Waals surface area contributed by atoms with Gasteiger partial charge in [0.05, 0.1) is 18.0 Å². The quantitative estimate of drug-likeness (QED) is 0.264. The van der Waals surface area contributed by atoms with Crippen LogP contribution in [0.1, 0.15) is 37.6 Å². The first kappa shape index (κ1) is 18.1. The fourth-order valence-electron chi connectivity index (χ4n) is 4.83. The van der Waals surface area contributed by atoms with E-state index >= 15 is 0 Å². The number of hydrogen-bond acceptors (Lipinski definition) is 1. The van der Waals surface area contributed by atoms with Crippen LogP contribution >= 0.6 is 0 Å². The lowest BCUT2D eigenvalue weighted by atomic mass is 9.88. The van der Waals surface area contributed by atoms with Crippen LogP contribution in [0.5, 0.6) is 0 Å². The van der Waals surface area contributed by atoms with Crippen LogP contribution in [-0.2, 0) is 13.5 Å². The Kier molecular flexibility index (Phi) is 3.76. The van der Waals surface area contributed by atoms with Crippen LogP contribution in [-0.4, -0.2) is 9.55 Å². The van der Waals surface area contributed by atoms with E-state index < -0.39 is 0 Å². The summed E-state index contributed by atoms with van der Waals surface area (Å²) in [4.78, 5) is 4.97. The van der Waals surface area contributed by atoms with Gasteiger partial charge in [-0.05, 0) is 67.1 Å². The van der Waals surface area contributed by atoms with Crippen molar-refractivity contribution >= 4 is 38.5 Å². The fraction of sp³-hybridized carbons (Fsp3) is 0.308. The van der Waals surface area contributed by atoms with Gasteiger partial charge < -0.3 is 0 Å². The lowest BCUT2D eigenvalue weighted by Crippen LogP contribution is -2.23. The van der Waals surface area contributed by atoms with Crippen LogP contribution in [0.25, 0.3) is 38.5 Å². The summed E-state index contributed by atoms with van der Waals surface area (Å²) in [5, 5.41) is 2.45. The number of rotatable bonds is 1. The smallest absolute Gasteiger partial charge is 0.252 e. The number of hydrogen-bond donors (Lipinski definition) is 0. The molecule has 0 saturated carbocycles. The van der Waals surface area contributed by atoms with E-state index in [0.717, 1.165) is 17.6 Å². The predicted molar refractivity (Wildman–Crippen MR) is 122 cm³/mol. The van der Waals surface area contributed by atoms with Crippen LogP contribution in [0.2, 0.25) is 0 Å². The Labute approximate surface area is 171 Å². The van der Waals surface area contributed by atoms with E-state index in [1.165, 1.54) is 44.1 Å². The Hall–Kier alpha value is -2.94. The molecule has 3 heteroatoms. The number of para-hydroxylation sites is 1. The van der Waals surface area contributed by atoms with E-state index in [0.29, 0.717) is 0 Å². The molecule has 0 N–H and O–H groups in total. The molecule has 0 saturated heterocycles. The molecule has 0 amide bonds. The summed E-state index contributed by atoms with van der Waals surface area (Å²) in [5.74, 6) is 0. The number of aryl methyl sites for hydroxylation is 3. The molecule has 0 fully saturated rings. The molecule has 3 heterocycles. The third-order valence-corrected chi connectivity index (χ3v) is 5.87. The molecule has 5 aromatic rings. The highest BCUT2D eigenvalue weighted by atomic mass is 15.1. The highest BCUT2D eigenvalue weighted by Crippen LogP contribution is 2.31. The maximum Gasteiger partial charge on any atom is 0.297 e. The van der Waals surface area contributed by atoms with E-state index in [4.69, 9.17) is 4.98 Å².